The molecule has 0 aromatic rings. The van der Waals surface area contributed by atoms with Crippen LogP contribution in [0.25, 0.3) is 0 Å². The number of carbonyl (C=O) groups is 1. The van der Waals surface area contributed by atoms with E-state index in [1.807, 2.05) is 0 Å². The predicted octanol–water partition coefficient (Wildman–Crippen LogP) is -0.354. The molecule has 1 aliphatic rings. The van der Waals surface area contributed by atoms with Crippen molar-refractivity contribution in [2.24, 2.45) is 5.41 Å². The highest BCUT2D eigenvalue weighted by Crippen LogP contribution is 2.51. The molecule has 0 heterocycles. The van der Waals surface area contributed by atoms with E-state index in [-0.39, 0.29) is 17.9 Å². The summed E-state index contributed by atoms with van der Waals surface area (Å²) in [5, 5.41) is 20.4. The normalized spacial score (nSPS) is 20.8. The van der Waals surface area contributed by atoms with Gasteiger partial charge >= 0.3 is 0 Å². The van der Waals surface area contributed by atoms with Crippen molar-refractivity contribution in [2.75, 3.05) is 13.2 Å². The zero-order chi connectivity index (χ0) is 9.90. The molecule has 1 rings (SSSR count). The van der Waals surface area contributed by atoms with Crippen LogP contribution < -0.4 is 5.32 Å². The number of aliphatic hydroxyl groups excluding tert-OH is 2. The highest BCUT2D eigenvalue weighted by atomic mass is 16.3. The van der Waals surface area contributed by atoms with Crippen molar-refractivity contribution in [1.82, 2.24) is 5.32 Å². The molecule has 1 fully saturated rings. The number of hydrogen-bond donors (Lipinski definition) is 3. The molecular weight excluding hydrogens is 170 g/mol. The highest BCUT2D eigenvalue weighted by molar-refractivity contribution is 5.77. The highest BCUT2D eigenvalue weighted by Gasteiger charge is 2.48. The molecule has 0 spiro atoms. The lowest BCUT2D eigenvalue weighted by Gasteiger charge is -2.17. The standard InChI is InChI=1S/C9H17NO3/c1-7(12)9(2-3-9)6-8(13)10-4-5-11/h7,11-12H,2-6H2,1H3,(H,10,13). The Bertz CT molecular complexity index is 187. The van der Waals surface area contributed by atoms with Crippen molar-refractivity contribution >= 4 is 5.91 Å². The summed E-state index contributed by atoms with van der Waals surface area (Å²) in [7, 11) is 0. The summed E-state index contributed by atoms with van der Waals surface area (Å²) in [6, 6.07) is 0. The lowest BCUT2D eigenvalue weighted by molar-refractivity contribution is -0.123. The summed E-state index contributed by atoms with van der Waals surface area (Å²) in [6.07, 6.45) is 1.83. The number of nitrogens with one attached hydrogen (secondary N) is 1. The second kappa shape index (κ2) is 4.07. The van der Waals surface area contributed by atoms with E-state index in [0.29, 0.717) is 13.0 Å². The third kappa shape index (κ3) is 2.67. The zero-order valence-corrected chi connectivity index (χ0v) is 7.92. The summed E-state index contributed by atoms with van der Waals surface area (Å²) in [4.78, 5) is 11.2. The molecule has 1 aliphatic carbocycles. The summed E-state index contributed by atoms with van der Waals surface area (Å²) in [5.74, 6) is -0.0764. The maximum atomic E-state index is 11.2. The van der Waals surface area contributed by atoms with Gasteiger partial charge in [-0.15, -0.1) is 0 Å². The van der Waals surface area contributed by atoms with E-state index in [0.717, 1.165) is 12.8 Å². The summed E-state index contributed by atoms with van der Waals surface area (Å²) in [6.45, 7) is 1.99. The van der Waals surface area contributed by atoms with Crippen LogP contribution in [0.4, 0.5) is 0 Å². The van der Waals surface area contributed by atoms with E-state index in [2.05, 4.69) is 5.32 Å². The first-order chi connectivity index (χ1) is 6.10. The molecule has 1 saturated carbocycles. The first-order valence-corrected chi connectivity index (χ1v) is 4.66. The number of hydrogen-bond acceptors (Lipinski definition) is 3. The predicted molar refractivity (Wildman–Crippen MR) is 48.1 cm³/mol. The minimum Gasteiger partial charge on any atom is -0.395 e. The van der Waals surface area contributed by atoms with Gasteiger partial charge in [0.25, 0.3) is 0 Å². The quantitative estimate of drug-likeness (QED) is 0.551. The molecule has 0 saturated heterocycles. The molecule has 0 aliphatic heterocycles. The van der Waals surface area contributed by atoms with Crippen molar-refractivity contribution in [3.05, 3.63) is 0 Å². The topological polar surface area (TPSA) is 69.6 Å². The Morgan fingerprint density at radius 2 is 2.23 bits per heavy atom. The van der Waals surface area contributed by atoms with Crippen LogP contribution in [0.2, 0.25) is 0 Å². The van der Waals surface area contributed by atoms with Crippen molar-refractivity contribution in [3.63, 3.8) is 0 Å². The molecule has 0 bridgehead atoms. The maximum absolute atomic E-state index is 11.2. The van der Waals surface area contributed by atoms with Crippen LogP contribution in [0.15, 0.2) is 0 Å². The molecular formula is C9H17NO3. The summed E-state index contributed by atoms with van der Waals surface area (Å²) in [5.41, 5.74) is -0.167. The molecule has 1 unspecified atom stereocenters. The Balaban J connectivity index is 2.28. The Morgan fingerprint density at radius 1 is 1.62 bits per heavy atom. The van der Waals surface area contributed by atoms with Crippen molar-refractivity contribution in [3.8, 4) is 0 Å². The second-order valence-electron chi connectivity index (χ2n) is 3.79. The number of rotatable bonds is 5. The number of amides is 1. The minimum absolute atomic E-state index is 0.0343. The molecule has 4 nitrogen and oxygen atoms in total. The third-order valence-corrected chi connectivity index (χ3v) is 2.73. The summed E-state index contributed by atoms with van der Waals surface area (Å²) >= 11 is 0. The molecule has 0 radical (unpaired) electrons. The second-order valence-corrected chi connectivity index (χ2v) is 3.79. The molecule has 0 aromatic carbocycles. The van der Waals surface area contributed by atoms with E-state index < -0.39 is 6.10 Å². The van der Waals surface area contributed by atoms with Gasteiger partial charge in [0.05, 0.1) is 12.7 Å². The van der Waals surface area contributed by atoms with Gasteiger partial charge in [0.1, 0.15) is 0 Å². The fourth-order valence-electron chi connectivity index (χ4n) is 1.48. The number of carbonyl (C=O) groups excluding carboxylic acids is 1. The Hall–Kier alpha value is -0.610. The number of aliphatic hydroxyl groups is 2. The fraction of sp³-hybridized carbons (Fsp3) is 0.889. The van der Waals surface area contributed by atoms with Gasteiger partial charge < -0.3 is 15.5 Å². The third-order valence-electron chi connectivity index (χ3n) is 2.73. The molecule has 3 N–H and O–H groups in total. The van der Waals surface area contributed by atoms with E-state index in [1.54, 1.807) is 6.92 Å². The molecule has 1 atom stereocenters. The van der Waals surface area contributed by atoms with Gasteiger partial charge in [0.15, 0.2) is 0 Å². The Labute approximate surface area is 78.0 Å². The largest absolute Gasteiger partial charge is 0.395 e. The van der Waals surface area contributed by atoms with E-state index in [9.17, 15) is 9.90 Å². The Kier molecular flexibility index (Phi) is 3.27. The molecule has 76 valence electrons. The van der Waals surface area contributed by atoms with Crippen LogP contribution in [0, 0.1) is 5.41 Å². The van der Waals surface area contributed by atoms with Gasteiger partial charge in [-0.3, -0.25) is 4.79 Å². The van der Waals surface area contributed by atoms with Crippen LogP contribution in [0.3, 0.4) is 0 Å². The monoisotopic (exact) mass is 187 g/mol. The van der Waals surface area contributed by atoms with Crippen molar-refractivity contribution < 1.29 is 15.0 Å². The first-order valence-electron chi connectivity index (χ1n) is 4.66. The smallest absolute Gasteiger partial charge is 0.220 e. The van der Waals surface area contributed by atoms with Crippen molar-refractivity contribution in [2.45, 2.75) is 32.3 Å². The molecule has 13 heavy (non-hydrogen) atoms. The average molecular weight is 187 g/mol. The van der Waals surface area contributed by atoms with Gasteiger partial charge in [-0.1, -0.05) is 0 Å². The van der Waals surface area contributed by atoms with E-state index in [1.165, 1.54) is 0 Å². The lowest BCUT2D eigenvalue weighted by Crippen LogP contribution is -2.31. The minimum atomic E-state index is -0.410. The summed E-state index contributed by atoms with van der Waals surface area (Å²) < 4.78 is 0. The van der Waals surface area contributed by atoms with Crippen LogP contribution in [-0.4, -0.2) is 35.4 Å². The average Bonchev–Trinajstić information content (AvgIpc) is 2.82. The maximum Gasteiger partial charge on any atom is 0.220 e. The van der Waals surface area contributed by atoms with Gasteiger partial charge in [-0.05, 0) is 19.8 Å². The molecule has 0 aromatic heterocycles. The van der Waals surface area contributed by atoms with Gasteiger partial charge in [0, 0.05) is 18.4 Å². The van der Waals surface area contributed by atoms with Gasteiger partial charge in [-0.25, -0.2) is 0 Å². The van der Waals surface area contributed by atoms with Crippen LogP contribution >= 0.6 is 0 Å². The Morgan fingerprint density at radius 3 is 2.62 bits per heavy atom. The van der Waals surface area contributed by atoms with Gasteiger partial charge in [-0.2, -0.15) is 0 Å². The fourth-order valence-corrected chi connectivity index (χ4v) is 1.48. The van der Waals surface area contributed by atoms with E-state index in [4.69, 9.17) is 5.11 Å². The van der Waals surface area contributed by atoms with Crippen molar-refractivity contribution in [1.29, 1.82) is 0 Å². The van der Waals surface area contributed by atoms with Gasteiger partial charge in [0.2, 0.25) is 5.91 Å². The SMILES string of the molecule is CC(O)C1(CC(=O)NCCO)CC1. The molecule has 1 amide bonds. The van der Waals surface area contributed by atoms with E-state index >= 15 is 0 Å². The first kappa shape index (κ1) is 10.5. The van der Waals surface area contributed by atoms with Crippen LogP contribution in [-0.2, 0) is 4.79 Å². The lowest BCUT2D eigenvalue weighted by atomic mass is 9.96. The molecule has 4 heteroatoms. The zero-order valence-electron chi connectivity index (χ0n) is 7.92. The van der Waals surface area contributed by atoms with Crippen LogP contribution in [0.5, 0.6) is 0 Å². The van der Waals surface area contributed by atoms with Crippen LogP contribution in [0.1, 0.15) is 26.2 Å².